The number of aromatic nitrogens is 10. The lowest BCUT2D eigenvalue weighted by Gasteiger charge is -2.30. The van der Waals surface area contributed by atoms with E-state index >= 15 is 4.57 Å². The third-order valence-corrected chi connectivity index (χ3v) is 18.4. The van der Waals surface area contributed by atoms with Gasteiger partial charge in [0.2, 0.25) is 11.8 Å². The van der Waals surface area contributed by atoms with Crippen LogP contribution in [0.3, 0.4) is 0 Å². The Bertz CT molecular complexity index is 4590. The molecule has 512 valence electrons. The Balaban J connectivity index is 0.850. The average molecular weight is 1390 g/mol. The van der Waals surface area contributed by atoms with Gasteiger partial charge in [-0.3, -0.25) is 75.0 Å². The summed E-state index contributed by atoms with van der Waals surface area (Å²) in [5.74, 6) is -4.51. The van der Waals surface area contributed by atoms with Gasteiger partial charge in [0.25, 0.3) is 25.2 Å². The average Bonchev–Trinajstić information content (AvgIpc) is 1.10. The molecule has 0 saturated carbocycles. The van der Waals surface area contributed by atoms with Gasteiger partial charge in [0.05, 0.1) is 38.9 Å². The van der Waals surface area contributed by atoms with Crippen molar-refractivity contribution in [2.75, 3.05) is 42.0 Å². The van der Waals surface area contributed by atoms with Crippen molar-refractivity contribution >= 4 is 90.6 Å². The fraction of sp³-hybridized carbons (Fsp3) is 0.421. The van der Waals surface area contributed by atoms with Gasteiger partial charge in [-0.1, -0.05) is 24.3 Å². The first-order chi connectivity index (χ1) is 46.3. The highest BCUT2D eigenvalue weighted by atomic mass is 31.2. The number of ether oxygens (including phenoxy) is 6. The molecule has 4 N–H and O–H groups in total. The van der Waals surface area contributed by atoms with Crippen LogP contribution in [0.4, 0.5) is 17.5 Å². The van der Waals surface area contributed by atoms with E-state index in [0.29, 0.717) is 10.8 Å². The van der Waals surface area contributed by atoms with Crippen LogP contribution in [0.5, 0.6) is 0 Å². The second kappa shape index (κ2) is 27.7. The van der Waals surface area contributed by atoms with Crippen molar-refractivity contribution in [3.63, 3.8) is 0 Å². The number of anilines is 3. The number of carbonyl (C=O) groups excluding carboxylic acids is 6. The van der Waals surface area contributed by atoms with Crippen molar-refractivity contribution in [2.24, 2.45) is 0 Å². The van der Waals surface area contributed by atoms with Gasteiger partial charge in [0.1, 0.15) is 85.6 Å². The zero-order chi connectivity index (χ0) is 68.8. The number of hydrogen-bond acceptors (Lipinski definition) is 30. The van der Waals surface area contributed by atoms with Crippen LogP contribution in [0, 0.1) is 0 Å². The molecule has 10 heterocycles. The van der Waals surface area contributed by atoms with Crippen LogP contribution in [0.1, 0.15) is 99.0 Å². The normalized spacial score (nSPS) is 25.9. The lowest BCUT2D eigenvalue weighted by atomic mass is 9.94. The van der Waals surface area contributed by atoms with Crippen LogP contribution >= 0.6 is 15.6 Å². The molecule has 5 aliphatic heterocycles. The van der Waals surface area contributed by atoms with Crippen molar-refractivity contribution < 1.29 is 98.9 Å². The van der Waals surface area contributed by atoms with E-state index in [1.807, 2.05) is 0 Å². The molecule has 0 spiro atoms. The fourth-order valence-corrected chi connectivity index (χ4v) is 14.2. The number of aliphatic hydroxyl groups excluding tert-OH is 1. The van der Waals surface area contributed by atoms with E-state index in [2.05, 4.69) is 40.5 Å². The summed E-state index contributed by atoms with van der Waals surface area (Å²) in [5.41, 5.74) is -3.25. The number of fused-ring (bicyclic) bond motifs is 1. The first kappa shape index (κ1) is 67.7. The number of carbonyl (C=O) groups is 6. The number of hydrogen-bond donors (Lipinski definition) is 4. The summed E-state index contributed by atoms with van der Waals surface area (Å²) >= 11 is 0. The van der Waals surface area contributed by atoms with E-state index in [-0.39, 0.29) is 59.0 Å². The number of benzene rings is 2. The molecule has 4 saturated heterocycles. The van der Waals surface area contributed by atoms with Crippen molar-refractivity contribution in [1.82, 2.24) is 48.2 Å². The lowest BCUT2D eigenvalue weighted by Crippen LogP contribution is -2.41. The van der Waals surface area contributed by atoms with E-state index in [0.717, 1.165) is 51.0 Å². The Morgan fingerprint density at radius 3 is 1.61 bits per heavy atom. The Morgan fingerprint density at radius 2 is 1.09 bits per heavy atom. The first-order valence-corrected chi connectivity index (χ1v) is 32.6. The van der Waals surface area contributed by atoms with E-state index in [1.54, 1.807) is 36.4 Å². The zero-order valence-electron chi connectivity index (χ0n) is 51.3. The van der Waals surface area contributed by atoms with Crippen LogP contribution in [-0.4, -0.2) is 164 Å². The van der Waals surface area contributed by atoms with Gasteiger partial charge in [-0.15, -0.1) is 0 Å². The summed E-state index contributed by atoms with van der Waals surface area (Å²) < 4.78 is 99.0. The second-order valence-corrected chi connectivity index (χ2v) is 25.6. The summed E-state index contributed by atoms with van der Waals surface area (Å²) in [6.07, 6.45) is -12.1. The van der Waals surface area contributed by atoms with E-state index in [9.17, 15) is 62.5 Å². The molecule has 4 fully saturated rings. The molecule has 97 heavy (non-hydrogen) atoms. The topological polar surface area (TPSA) is 477 Å². The van der Waals surface area contributed by atoms with Crippen molar-refractivity contribution in [1.29, 1.82) is 0 Å². The molecule has 10 unspecified atom stereocenters. The van der Waals surface area contributed by atoms with Gasteiger partial charge in [-0.05, 0) is 29.7 Å². The number of esters is 2. The highest BCUT2D eigenvalue weighted by Gasteiger charge is 2.49. The molecule has 40 heteroatoms. The molecular formula is C57H58N13O25P2-. The molecule has 0 radical (unpaired) electrons. The van der Waals surface area contributed by atoms with Gasteiger partial charge >= 0.3 is 36.8 Å². The maximum atomic E-state index is 15.6. The van der Waals surface area contributed by atoms with Crippen molar-refractivity contribution in [2.45, 2.75) is 127 Å². The minimum Gasteiger partial charge on any atom is -0.756 e. The number of phosphoric ester groups is 2. The number of aromatic amines is 1. The zero-order valence-corrected chi connectivity index (χ0v) is 53.1. The van der Waals surface area contributed by atoms with Gasteiger partial charge in [-0.25, -0.2) is 38.8 Å². The Labute approximate surface area is 543 Å². The monoisotopic (exact) mass is 1390 g/mol. The molecule has 12 rings (SSSR count). The third kappa shape index (κ3) is 14.6. The molecule has 38 nitrogen and oxygen atoms in total. The molecule has 4 amide bonds. The fourth-order valence-electron chi connectivity index (χ4n) is 11.8. The minimum atomic E-state index is -5.67. The number of nitrogens with one attached hydrogen (secondary N) is 3. The Morgan fingerprint density at radius 1 is 0.608 bits per heavy atom. The number of phosphoric acid groups is 2. The molecule has 0 aliphatic carbocycles. The number of amides is 4. The van der Waals surface area contributed by atoms with E-state index in [1.165, 1.54) is 49.3 Å². The summed E-state index contributed by atoms with van der Waals surface area (Å²) in [6.45, 7) is 1.00. The quantitative estimate of drug-likeness (QED) is 0.0396. The van der Waals surface area contributed by atoms with Gasteiger partial charge in [0, 0.05) is 94.5 Å². The van der Waals surface area contributed by atoms with Gasteiger partial charge in [-0.2, -0.15) is 9.97 Å². The molecule has 2 aromatic carbocycles. The Hall–Kier alpha value is -9.27. The maximum absolute atomic E-state index is 15.6. The van der Waals surface area contributed by atoms with Gasteiger partial charge < -0.3 is 58.1 Å². The number of imide groups is 1. The maximum Gasteiger partial charge on any atom is 0.475 e. The summed E-state index contributed by atoms with van der Waals surface area (Å²) in [7, 11) is -11.0. The van der Waals surface area contributed by atoms with Crippen LogP contribution in [-0.2, 0) is 79.3 Å². The standard InChI is InChI=1S/C57H59N13O25P2/c1-27(72)61-42-11-14-66(55(79)63-42)45-17-34(88-29(3)74)39(91-45)22-85-96(82,83)94-37-20-48(69-26-60-50-51(69)58-25-59-52(50)70-53(77)32-9-5-7-31-8-6-10-33(49(31)32)54(70)78)93-41(37)24-87-97(84,95-36-19-47(90-38(36)21-71)68-16-13-44(76)65-57(68)81)86-23-40-35(89-30(4)75)18-46(92-40)67-15-12-43(62-28(2)73)64-56(67)80/h5-16,25-26,34-41,45-48,71H,17-24H2,1-4H3,(H,82,83)(H,65,76,81)(H,61,63,72,79)(H,62,64,73,80)/p-1/t34?,35?,36?,37?,38-,39?,40?,41+,45?,46?,47-,48+,97?/m1/s1. The number of nitrogens with zero attached hydrogens (tertiary/aromatic N) is 10. The van der Waals surface area contributed by atoms with Crippen LogP contribution in [0.15, 0.2) is 105 Å². The van der Waals surface area contributed by atoms with E-state index in [4.69, 9.17) is 51.0 Å². The van der Waals surface area contributed by atoms with Crippen LogP contribution in [0.25, 0.3) is 21.9 Å². The highest BCUT2D eigenvalue weighted by molar-refractivity contribution is 7.48. The molecule has 5 aliphatic rings. The number of aliphatic hydroxyl groups is 1. The molecule has 0 bridgehead atoms. The smallest absolute Gasteiger partial charge is 0.475 e. The molecule has 5 aromatic heterocycles. The first-order valence-electron chi connectivity index (χ1n) is 29.7. The number of rotatable bonds is 23. The summed E-state index contributed by atoms with van der Waals surface area (Å²) in [5, 5.41) is 16.4. The highest BCUT2D eigenvalue weighted by Crippen LogP contribution is 2.55. The van der Waals surface area contributed by atoms with Crippen molar-refractivity contribution in [3.05, 3.63) is 139 Å². The number of imidazole rings is 1. The lowest BCUT2D eigenvalue weighted by molar-refractivity contribution is -0.234. The van der Waals surface area contributed by atoms with Gasteiger partial charge in [0.15, 0.2) is 17.0 Å². The van der Waals surface area contributed by atoms with E-state index < -0.39 is 180 Å². The van der Waals surface area contributed by atoms with Crippen molar-refractivity contribution in [3.8, 4) is 0 Å². The molecule has 14 atom stereocenters. The predicted octanol–water partition coefficient (Wildman–Crippen LogP) is 1.16. The Kier molecular flexibility index (Phi) is 19.3. The predicted molar refractivity (Wildman–Crippen MR) is 322 cm³/mol. The number of H-pyrrole nitrogens is 1. The molecule has 7 aromatic rings. The SMILES string of the molecule is CC(=O)Nc1ccn(C2CC(OC(C)=O)C(COP(=O)([O-])OC3C[C@@H](n4cnc5c(N6C(=O)c7cccc8cccc(c78)C6=O)ncnc54)O[C@H]3COP(=O)(OCC3OC(n4ccc(NC(C)=O)nc4=O)CC3OC(C)=O)OC3C[C@H](n4ccc(=O)[nH]c4=O)O[C@@H]3CO)O2)c(=O)n1. The molecular weight excluding hydrogens is 1330 g/mol. The summed E-state index contributed by atoms with van der Waals surface area (Å²) in [6, 6.07) is 13.5. The largest absolute Gasteiger partial charge is 0.756 e. The third-order valence-electron chi connectivity index (χ3n) is 15.9. The summed E-state index contributed by atoms with van der Waals surface area (Å²) in [4.78, 5) is 166. The van der Waals surface area contributed by atoms with Crippen LogP contribution < -0.4 is 43.1 Å². The second-order valence-electron chi connectivity index (χ2n) is 22.6. The minimum absolute atomic E-state index is 0.0678. The van der Waals surface area contributed by atoms with Crippen LogP contribution in [0.2, 0.25) is 0 Å².